The van der Waals surface area contributed by atoms with Gasteiger partial charge in [-0.1, -0.05) is 30.3 Å². The quantitative estimate of drug-likeness (QED) is 0.322. The average molecular weight is 455 g/mol. The molecule has 3 aromatic carbocycles. The van der Waals surface area contributed by atoms with Gasteiger partial charge in [-0.3, -0.25) is 0 Å². The molecule has 0 fully saturated rings. The van der Waals surface area contributed by atoms with E-state index in [0.29, 0.717) is 21.5 Å². The molecular formula is C22H16BrFN2OS. The summed E-state index contributed by atoms with van der Waals surface area (Å²) < 4.78 is 19.9. The Hall–Kier alpha value is -2.44. The third-order valence-corrected chi connectivity index (χ3v) is 6.03. The minimum atomic E-state index is -0.363. The first-order valence-electron chi connectivity index (χ1n) is 8.60. The predicted octanol–water partition coefficient (Wildman–Crippen LogP) is 6.50. The van der Waals surface area contributed by atoms with Crippen LogP contribution < -0.4 is 4.74 Å². The first-order chi connectivity index (χ1) is 13.7. The van der Waals surface area contributed by atoms with Crippen LogP contribution in [0.25, 0.3) is 22.2 Å². The fourth-order valence-corrected chi connectivity index (χ4v) is 4.17. The smallest absolute Gasteiger partial charge is 0.138 e. The van der Waals surface area contributed by atoms with E-state index in [2.05, 4.69) is 38.0 Å². The van der Waals surface area contributed by atoms with Gasteiger partial charge in [0.2, 0.25) is 0 Å². The summed E-state index contributed by atoms with van der Waals surface area (Å²) in [7, 11) is 1.56. The molecule has 1 aromatic heterocycles. The van der Waals surface area contributed by atoms with Crippen LogP contribution in [0.1, 0.15) is 5.56 Å². The van der Waals surface area contributed by atoms with Gasteiger partial charge in [0.15, 0.2) is 0 Å². The molecule has 4 aromatic rings. The Morgan fingerprint density at radius 1 is 1.04 bits per heavy atom. The van der Waals surface area contributed by atoms with Crippen LogP contribution >= 0.6 is 27.7 Å². The molecule has 1 heterocycles. The zero-order chi connectivity index (χ0) is 19.5. The topological polar surface area (TPSA) is 35.0 Å². The van der Waals surface area contributed by atoms with E-state index >= 15 is 0 Å². The largest absolute Gasteiger partial charge is 0.496 e. The van der Waals surface area contributed by atoms with E-state index in [4.69, 9.17) is 4.74 Å². The number of benzene rings is 3. The summed E-state index contributed by atoms with van der Waals surface area (Å²) in [5, 5.41) is 0.853. The molecule has 0 spiro atoms. The minimum Gasteiger partial charge on any atom is -0.496 e. The molecule has 0 aliphatic heterocycles. The lowest BCUT2D eigenvalue weighted by molar-refractivity contribution is 0.415. The first-order valence-corrected chi connectivity index (χ1v) is 10.4. The summed E-state index contributed by atoms with van der Waals surface area (Å²) in [5.41, 5.74) is 3.33. The Bertz CT molecular complexity index is 1140. The number of methoxy groups -OCH3 is 1. The van der Waals surface area contributed by atoms with Crippen LogP contribution in [0.15, 0.2) is 76.4 Å². The van der Waals surface area contributed by atoms with Crippen molar-refractivity contribution in [1.82, 2.24) is 9.97 Å². The molecule has 0 aliphatic carbocycles. The lowest BCUT2D eigenvalue weighted by atomic mass is 10.1. The van der Waals surface area contributed by atoms with Crippen LogP contribution in [0, 0.1) is 5.82 Å². The van der Waals surface area contributed by atoms with E-state index in [-0.39, 0.29) is 5.82 Å². The van der Waals surface area contributed by atoms with Gasteiger partial charge >= 0.3 is 0 Å². The number of fused-ring (bicyclic) bond motifs is 1. The van der Waals surface area contributed by atoms with Crippen molar-refractivity contribution >= 4 is 38.6 Å². The molecule has 0 atom stereocenters. The SMILES string of the molecule is COc1cc(Br)c(F)cc1-c1ncnc2cc(SCc3ccccc3)ccc12. The second kappa shape index (κ2) is 8.29. The van der Waals surface area contributed by atoms with E-state index in [0.717, 1.165) is 21.6 Å². The van der Waals surface area contributed by atoms with E-state index in [1.807, 2.05) is 36.4 Å². The molecule has 0 saturated carbocycles. The minimum absolute atomic E-state index is 0.353. The fraction of sp³-hybridized carbons (Fsp3) is 0.0909. The highest BCUT2D eigenvalue weighted by Crippen LogP contribution is 2.37. The molecule has 28 heavy (non-hydrogen) atoms. The van der Waals surface area contributed by atoms with Crippen LogP contribution in [0.5, 0.6) is 5.75 Å². The summed E-state index contributed by atoms with van der Waals surface area (Å²) in [6.07, 6.45) is 1.50. The maximum atomic E-state index is 14.2. The fourth-order valence-electron chi connectivity index (χ4n) is 2.96. The van der Waals surface area contributed by atoms with Crippen LogP contribution in [-0.4, -0.2) is 17.1 Å². The number of hydrogen-bond donors (Lipinski definition) is 0. The van der Waals surface area contributed by atoms with Gasteiger partial charge in [0.1, 0.15) is 17.9 Å². The average Bonchev–Trinajstić information content (AvgIpc) is 2.74. The molecule has 0 unspecified atom stereocenters. The number of ether oxygens (including phenoxy) is 1. The van der Waals surface area contributed by atoms with Gasteiger partial charge in [0.25, 0.3) is 0 Å². The number of thioether (sulfide) groups is 1. The van der Waals surface area contributed by atoms with Gasteiger partial charge in [0.05, 0.1) is 22.8 Å². The second-order valence-electron chi connectivity index (χ2n) is 6.14. The molecule has 0 aliphatic rings. The van der Waals surface area contributed by atoms with Gasteiger partial charge in [0, 0.05) is 21.6 Å². The molecule has 0 saturated heterocycles. The first kappa shape index (κ1) is 18.9. The van der Waals surface area contributed by atoms with Crippen molar-refractivity contribution in [3.05, 3.63) is 82.8 Å². The predicted molar refractivity (Wildman–Crippen MR) is 115 cm³/mol. The molecule has 3 nitrogen and oxygen atoms in total. The molecular weight excluding hydrogens is 439 g/mol. The van der Waals surface area contributed by atoms with Crippen LogP contribution in [-0.2, 0) is 5.75 Å². The van der Waals surface area contributed by atoms with Crippen molar-refractivity contribution < 1.29 is 9.13 Å². The van der Waals surface area contributed by atoms with Crippen molar-refractivity contribution in [1.29, 1.82) is 0 Å². The highest BCUT2D eigenvalue weighted by Gasteiger charge is 2.15. The lowest BCUT2D eigenvalue weighted by Gasteiger charge is -2.12. The van der Waals surface area contributed by atoms with Gasteiger partial charge in [-0.05, 0) is 51.8 Å². The third kappa shape index (κ3) is 3.88. The van der Waals surface area contributed by atoms with Gasteiger partial charge in [-0.15, -0.1) is 11.8 Å². The number of hydrogen-bond acceptors (Lipinski definition) is 4. The van der Waals surface area contributed by atoms with Crippen molar-refractivity contribution in [3.8, 4) is 17.0 Å². The molecule has 0 radical (unpaired) electrons. The van der Waals surface area contributed by atoms with Gasteiger partial charge in [-0.25, -0.2) is 14.4 Å². The number of aromatic nitrogens is 2. The molecule has 0 N–H and O–H groups in total. The third-order valence-electron chi connectivity index (χ3n) is 4.35. The zero-order valence-electron chi connectivity index (χ0n) is 15.0. The summed E-state index contributed by atoms with van der Waals surface area (Å²) in [6, 6.07) is 19.4. The van der Waals surface area contributed by atoms with Crippen molar-refractivity contribution in [2.45, 2.75) is 10.6 Å². The van der Waals surface area contributed by atoms with E-state index in [1.165, 1.54) is 18.0 Å². The Kier molecular flexibility index (Phi) is 5.59. The molecule has 0 amide bonds. The summed E-state index contributed by atoms with van der Waals surface area (Å²) in [4.78, 5) is 9.93. The second-order valence-corrected chi connectivity index (χ2v) is 8.05. The van der Waals surface area contributed by atoms with Crippen LogP contribution in [0.3, 0.4) is 0 Å². The summed E-state index contributed by atoms with van der Waals surface area (Å²) >= 11 is 4.95. The molecule has 140 valence electrons. The summed E-state index contributed by atoms with van der Waals surface area (Å²) in [5.74, 6) is 1.07. The monoisotopic (exact) mass is 454 g/mol. The Labute approximate surface area is 175 Å². The van der Waals surface area contributed by atoms with Crippen LogP contribution in [0.4, 0.5) is 4.39 Å². The standard InChI is InChI=1S/C22H16BrFN2OS/c1-27-21-11-18(23)19(24)10-17(21)22-16-8-7-15(9-20(16)25-13-26-22)28-12-14-5-3-2-4-6-14/h2-11,13H,12H2,1H3. The van der Waals surface area contributed by atoms with Crippen molar-refractivity contribution in [3.63, 3.8) is 0 Å². The zero-order valence-corrected chi connectivity index (χ0v) is 17.4. The molecule has 4 rings (SSSR count). The lowest BCUT2D eigenvalue weighted by Crippen LogP contribution is -1.95. The molecule has 6 heteroatoms. The number of nitrogens with zero attached hydrogens (tertiary/aromatic N) is 2. The van der Waals surface area contributed by atoms with E-state index < -0.39 is 0 Å². The normalized spacial score (nSPS) is 11.0. The number of rotatable bonds is 5. The Morgan fingerprint density at radius 2 is 1.86 bits per heavy atom. The Balaban J connectivity index is 1.71. The van der Waals surface area contributed by atoms with Crippen molar-refractivity contribution in [2.75, 3.05) is 7.11 Å². The van der Waals surface area contributed by atoms with E-state index in [1.54, 1.807) is 24.9 Å². The highest BCUT2D eigenvalue weighted by molar-refractivity contribution is 9.10. The molecule has 0 bridgehead atoms. The van der Waals surface area contributed by atoms with Crippen LogP contribution in [0.2, 0.25) is 0 Å². The van der Waals surface area contributed by atoms with Crippen molar-refractivity contribution in [2.24, 2.45) is 0 Å². The Morgan fingerprint density at radius 3 is 2.64 bits per heavy atom. The van der Waals surface area contributed by atoms with E-state index in [9.17, 15) is 4.39 Å². The maximum absolute atomic E-state index is 14.2. The number of halogens is 2. The summed E-state index contributed by atoms with van der Waals surface area (Å²) in [6.45, 7) is 0. The highest BCUT2D eigenvalue weighted by atomic mass is 79.9. The van der Waals surface area contributed by atoms with Gasteiger partial charge < -0.3 is 4.74 Å². The van der Waals surface area contributed by atoms with Gasteiger partial charge in [-0.2, -0.15) is 0 Å². The maximum Gasteiger partial charge on any atom is 0.138 e.